The van der Waals surface area contributed by atoms with Crippen molar-refractivity contribution >= 4 is 38.8 Å². The summed E-state index contributed by atoms with van der Waals surface area (Å²) in [5, 5.41) is 4.54. The molecule has 0 fully saturated rings. The number of methoxy groups -OCH3 is 2. The minimum atomic E-state index is 0.447. The Morgan fingerprint density at radius 1 is 0.889 bits per heavy atom. The summed E-state index contributed by atoms with van der Waals surface area (Å²) in [7, 11) is 3.46. The number of allylic oxidation sites excluding steroid dienone is 1. The van der Waals surface area contributed by atoms with Crippen LogP contribution < -0.4 is 9.47 Å². The van der Waals surface area contributed by atoms with Crippen molar-refractivity contribution in [2.45, 2.75) is 53.4 Å². The third-order valence-electron chi connectivity index (χ3n) is 8.08. The van der Waals surface area contributed by atoms with Crippen molar-refractivity contribution in [3.05, 3.63) is 75.2 Å². The molecule has 0 unspecified atom stereocenters. The standard InChI is InChI=1S/C32H32O4/c1-16-10-8-12-21-25(16)20(5)28-19(4)24(36-32(28)30(21)34-7)14-23-26-17(2)11-9-13-22(26)29(33-6)31-27(23)18(3)15-35-31/h8-9,11-13,15-16H,10,14H2,1-7H3/t16-/m0/s1. The summed E-state index contributed by atoms with van der Waals surface area (Å²) in [5.41, 5.74) is 10.1. The van der Waals surface area contributed by atoms with Crippen LogP contribution in [0.2, 0.25) is 0 Å². The molecule has 184 valence electrons. The molecule has 0 saturated heterocycles. The van der Waals surface area contributed by atoms with E-state index in [9.17, 15) is 0 Å². The van der Waals surface area contributed by atoms with Gasteiger partial charge in [-0.1, -0.05) is 37.3 Å². The zero-order valence-electron chi connectivity index (χ0n) is 22.1. The molecule has 0 aliphatic heterocycles. The Labute approximate surface area is 211 Å². The van der Waals surface area contributed by atoms with Gasteiger partial charge in [0.05, 0.1) is 20.5 Å². The molecular weight excluding hydrogens is 448 g/mol. The van der Waals surface area contributed by atoms with Crippen LogP contribution in [0.25, 0.3) is 38.8 Å². The molecule has 1 atom stereocenters. The SMILES string of the molecule is COc1c2c(c(C)c3c(C)c(Cc4c5c(C)cccc5c(OC)c5occ(C)c45)oc13)[C@@H](C)CC=C2. The van der Waals surface area contributed by atoms with Crippen molar-refractivity contribution in [3.8, 4) is 11.5 Å². The Kier molecular flexibility index (Phi) is 5.18. The predicted molar refractivity (Wildman–Crippen MR) is 147 cm³/mol. The van der Waals surface area contributed by atoms with Crippen LogP contribution in [0.3, 0.4) is 0 Å². The maximum absolute atomic E-state index is 6.70. The van der Waals surface area contributed by atoms with Crippen molar-refractivity contribution in [1.82, 2.24) is 0 Å². The number of aryl methyl sites for hydroxylation is 4. The first-order valence-corrected chi connectivity index (χ1v) is 12.6. The Morgan fingerprint density at radius 3 is 2.42 bits per heavy atom. The third kappa shape index (κ3) is 3.00. The van der Waals surface area contributed by atoms with Crippen molar-refractivity contribution in [2.75, 3.05) is 14.2 Å². The second-order valence-corrected chi connectivity index (χ2v) is 10.2. The normalized spacial score (nSPS) is 15.2. The summed E-state index contributed by atoms with van der Waals surface area (Å²) in [4.78, 5) is 0. The van der Waals surface area contributed by atoms with Gasteiger partial charge in [-0.2, -0.15) is 0 Å². The van der Waals surface area contributed by atoms with Gasteiger partial charge in [0.25, 0.3) is 0 Å². The summed E-state index contributed by atoms with van der Waals surface area (Å²) in [5.74, 6) is 3.03. The summed E-state index contributed by atoms with van der Waals surface area (Å²) < 4.78 is 24.6. The molecule has 2 aromatic heterocycles. The number of rotatable bonds is 4. The fourth-order valence-corrected chi connectivity index (χ4v) is 6.46. The van der Waals surface area contributed by atoms with Gasteiger partial charge in [-0.15, -0.1) is 0 Å². The third-order valence-corrected chi connectivity index (χ3v) is 8.08. The van der Waals surface area contributed by atoms with E-state index in [0.29, 0.717) is 12.3 Å². The maximum Gasteiger partial charge on any atom is 0.177 e. The monoisotopic (exact) mass is 480 g/mol. The van der Waals surface area contributed by atoms with Gasteiger partial charge in [0.15, 0.2) is 22.7 Å². The van der Waals surface area contributed by atoms with E-state index < -0.39 is 0 Å². The van der Waals surface area contributed by atoms with Crippen LogP contribution in [0.1, 0.15) is 64.0 Å². The van der Waals surface area contributed by atoms with Gasteiger partial charge in [-0.25, -0.2) is 0 Å². The molecule has 0 N–H and O–H groups in total. The largest absolute Gasteiger partial charge is 0.492 e. The zero-order valence-corrected chi connectivity index (χ0v) is 22.1. The first-order chi connectivity index (χ1) is 17.4. The molecule has 3 aromatic carbocycles. The van der Waals surface area contributed by atoms with E-state index in [1.54, 1.807) is 14.2 Å². The van der Waals surface area contributed by atoms with E-state index in [0.717, 1.165) is 56.7 Å². The molecule has 0 amide bonds. The lowest BCUT2D eigenvalue weighted by Gasteiger charge is -2.23. The molecule has 6 rings (SSSR count). The highest BCUT2D eigenvalue weighted by molar-refractivity contribution is 6.09. The van der Waals surface area contributed by atoms with E-state index >= 15 is 0 Å². The van der Waals surface area contributed by atoms with Crippen molar-refractivity contribution < 1.29 is 18.3 Å². The Hall–Kier alpha value is -3.66. The molecule has 4 heteroatoms. The molecular formula is C32H32O4. The van der Waals surface area contributed by atoms with Crippen LogP contribution in [0.4, 0.5) is 0 Å². The summed E-state index contributed by atoms with van der Waals surface area (Å²) in [6.45, 7) is 11.0. The number of fused-ring (bicyclic) bond motifs is 4. The van der Waals surface area contributed by atoms with E-state index in [1.807, 2.05) is 6.26 Å². The smallest absolute Gasteiger partial charge is 0.177 e. The summed E-state index contributed by atoms with van der Waals surface area (Å²) in [6, 6.07) is 6.35. The van der Waals surface area contributed by atoms with E-state index in [1.165, 1.54) is 38.6 Å². The predicted octanol–water partition coefficient (Wildman–Crippen LogP) is 8.69. The lowest BCUT2D eigenvalue weighted by Crippen LogP contribution is -2.05. The highest BCUT2D eigenvalue weighted by Gasteiger charge is 2.28. The number of furan rings is 2. The highest BCUT2D eigenvalue weighted by Crippen LogP contribution is 2.47. The summed E-state index contributed by atoms with van der Waals surface area (Å²) >= 11 is 0. The Bertz CT molecular complexity index is 1710. The number of hydrogen-bond acceptors (Lipinski definition) is 4. The van der Waals surface area contributed by atoms with Crippen LogP contribution >= 0.6 is 0 Å². The molecule has 36 heavy (non-hydrogen) atoms. The van der Waals surface area contributed by atoms with Gasteiger partial charge < -0.3 is 18.3 Å². The minimum Gasteiger partial charge on any atom is -0.492 e. The van der Waals surface area contributed by atoms with Crippen molar-refractivity contribution in [2.24, 2.45) is 0 Å². The highest BCUT2D eigenvalue weighted by atomic mass is 16.5. The molecule has 0 spiro atoms. The second-order valence-electron chi connectivity index (χ2n) is 10.2. The minimum absolute atomic E-state index is 0.447. The molecule has 0 radical (unpaired) electrons. The zero-order chi connectivity index (χ0) is 25.3. The maximum atomic E-state index is 6.70. The number of hydrogen-bond donors (Lipinski definition) is 0. The van der Waals surface area contributed by atoms with E-state index in [2.05, 4.69) is 65.0 Å². The average molecular weight is 481 g/mol. The van der Waals surface area contributed by atoms with Crippen LogP contribution in [-0.2, 0) is 6.42 Å². The second kappa shape index (κ2) is 8.19. The summed E-state index contributed by atoms with van der Waals surface area (Å²) in [6.07, 6.45) is 7.95. The number of ether oxygens (including phenoxy) is 2. The lowest BCUT2D eigenvalue weighted by molar-refractivity contribution is 0.406. The van der Waals surface area contributed by atoms with Gasteiger partial charge in [-0.3, -0.25) is 0 Å². The van der Waals surface area contributed by atoms with Crippen molar-refractivity contribution in [3.63, 3.8) is 0 Å². The lowest BCUT2D eigenvalue weighted by atomic mass is 9.83. The Balaban J connectivity index is 1.67. The van der Waals surface area contributed by atoms with Crippen LogP contribution in [0.5, 0.6) is 11.5 Å². The molecule has 2 heterocycles. The van der Waals surface area contributed by atoms with Gasteiger partial charge >= 0.3 is 0 Å². The van der Waals surface area contributed by atoms with Gasteiger partial charge in [-0.05, 0) is 78.8 Å². The van der Waals surface area contributed by atoms with Crippen LogP contribution in [0.15, 0.2) is 39.4 Å². The fraction of sp³-hybridized carbons (Fsp3) is 0.312. The fourth-order valence-electron chi connectivity index (χ4n) is 6.46. The van der Waals surface area contributed by atoms with E-state index in [-0.39, 0.29) is 0 Å². The van der Waals surface area contributed by atoms with E-state index in [4.69, 9.17) is 18.3 Å². The van der Waals surface area contributed by atoms with Crippen molar-refractivity contribution in [1.29, 1.82) is 0 Å². The molecule has 1 aliphatic rings. The molecule has 4 nitrogen and oxygen atoms in total. The van der Waals surface area contributed by atoms with Crippen LogP contribution in [-0.4, -0.2) is 14.2 Å². The van der Waals surface area contributed by atoms with Gasteiger partial charge in [0.2, 0.25) is 0 Å². The first-order valence-electron chi connectivity index (χ1n) is 12.6. The van der Waals surface area contributed by atoms with Gasteiger partial charge in [0, 0.05) is 28.1 Å². The number of benzene rings is 3. The molecule has 0 saturated carbocycles. The quantitative estimate of drug-likeness (QED) is 0.258. The first kappa shape index (κ1) is 22.8. The average Bonchev–Trinajstić information content (AvgIpc) is 3.39. The van der Waals surface area contributed by atoms with Gasteiger partial charge in [0.1, 0.15) is 5.76 Å². The Morgan fingerprint density at radius 2 is 1.67 bits per heavy atom. The van der Waals surface area contributed by atoms with Crippen LogP contribution in [0, 0.1) is 27.7 Å². The molecule has 5 aromatic rings. The molecule has 1 aliphatic carbocycles. The topological polar surface area (TPSA) is 44.7 Å². The molecule has 0 bridgehead atoms.